The van der Waals surface area contributed by atoms with Crippen molar-refractivity contribution in [2.24, 2.45) is 10.9 Å². The van der Waals surface area contributed by atoms with E-state index in [2.05, 4.69) is 24.2 Å². The largest absolute Gasteiger partial charge is 0.356 e. The van der Waals surface area contributed by atoms with Gasteiger partial charge in [0.25, 0.3) is 0 Å². The summed E-state index contributed by atoms with van der Waals surface area (Å²) in [6.45, 7) is 7.65. The van der Waals surface area contributed by atoms with E-state index in [1.54, 1.807) is 0 Å². The molecular weight excluding hydrogens is 258 g/mol. The summed E-state index contributed by atoms with van der Waals surface area (Å²) in [7, 11) is 0. The number of hydrogen-bond donors (Lipinski definition) is 1. The number of nitrogens with zero attached hydrogens (tertiary/aromatic N) is 2. The molecule has 5 heteroatoms. The number of amides is 1. The average Bonchev–Trinajstić information content (AvgIpc) is 3.09. The Morgan fingerprint density at radius 3 is 2.74 bits per heavy atom. The van der Waals surface area contributed by atoms with Gasteiger partial charge >= 0.3 is 0 Å². The molecule has 2 heterocycles. The minimum absolute atomic E-state index is 0.215. The van der Waals surface area contributed by atoms with Crippen LogP contribution in [0.5, 0.6) is 0 Å². The molecule has 4 nitrogen and oxygen atoms in total. The van der Waals surface area contributed by atoms with Gasteiger partial charge in [-0.05, 0) is 18.8 Å². The number of carbonyl (C=O) groups excluding carboxylic acids is 1. The molecule has 1 unspecified atom stereocenters. The number of rotatable bonds is 5. The molecule has 2 aliphatic rings. The highest BCUT2D eigenvalue weighted by Crippen LogP contribution is 2.30. The van der Waals surface area contributed by atoms with E-state index < -0.39 is 0 Å². The summed E-state index contributed by atoms with van der Waals surface area (Å²) in [5, 5.41) is 4.77. The van der Waals surface area contributed by atoms with E-state index in [4.69, 9.17) is 0 Å². The first kappa shape index (κ1) is 14.7. The van der Waals surface area contributed by atoms with Crippen LogP contribution in [0.1, 0.15) is 39.5 Å². The molecule has 19 heavy (non-hydrogen) atoms. The number of carbonyl (C=O) groups is 1. The minimum Gasteiger partial charge on any atom is -0.356 e. The number of likely N-dealkylation sites (tertiary alicyclic amines) is 1. The fraction of sp³-hybridized carbons (Fsp3) is 0.857. The van der Waals surface area contributed by atoms with Crippen LogP contribution >= 0.6 is 11.8 Å². The molecule has 0 aromatic rings. The molecule has 0 bridgehead atoms. The van der Waals surface area contributed by atoms with Crippen molar-refractivity contribution in [2.75, 3.05) is 26.2 Å². The Labute approximate surface area is 120 Å². The van der Waals surface area contributed by atoms with Crippen LogP contribution in [0, 0.1) is 5.92 Å². The third-order valence-electron chi connectivity index (χ3n) is 4.10. The van der Waals surface area contributed by atoms with Crippen LogP contribution in [-0.4, -0.2) is 47.4 Å². The van der Waals surface area contributed by atoms with Crippen LogP contribution in [0.15, 0.2) is 4.99 Å². The molecule has 0 saturated carbocycles. The molecule has 1 saturated heterocycles. The fourth-order valence-corrected chi connectivity index (χ4v) is 4.10. The van der Waals surface area contributed by atoms with Gasteiger partial charge in [0, 0.05) is 18.3 Å². The average molecular weight is 283 g/mol. The second-order valence-electron chi connectivity index (χ2n) is 5.32. The summed E-state index contributed by atoms with van der Waals surface area (Å²) in [5.41, 5.74) is 0. The lowest BCUT2D eigenvalue weighted by molar-refractivity contribution is -0.128. The summed E-state index contributed by atoms with van der Waals surface area (Å²) in [6.07, 6.45) is 4.73. The Balaban J connectivity index is 1.71. The van der Waals surface area contributed by atoms with Crippen molar-refractivity contribution in [1.29, 1.82) is 0 Å². The van der Waals surface area contributed by atoms with Gasteiger partial charge in [-0.15, -0.1) is 0 Å². The Morgan fingerprint density at radius 2 is 2.11 bits per heavy atom. The van der Waals surface area contributed by atoms with Crippen LogP contribution in [0.2, 0.25) is 0 Å². The second-order valence-corrected chi connectivity index (χ2v) is 6.55. The van der Waals surface area contributed by atoms with Crippen molar-refractivity contribution >= 4 is 22.8 Å². The van der Waals surface area contributed by atoms with E-state index in [9.17, 15) is 4.79 Å². The molecule has 2 rings (SSSR count). The van der Waals surface area contributed by atoms with E-state index in [-0.39, 0.29) is 5.91 Å². The number of thioether (sulfide) groups is 1. The van der Waals surface area contributed by atoms with Gasteiger partial charge in [0.15, 0.2) is 5.17 Å². The Kier molecular flexibility index (Phi) is 5.55. The van der Waals surface area contributed by atoms with Crippen molar-refractivity contribution in [2.45, 2.75) is 44.8 Å². The predicted molar refractivity (Wildman–Crippen MR) is 81.6 cm³/mol. The molecule has 0 radical (unpaired) electrons. The molecule has 0 aromatic carbocycles. The van der Waals surface area contributed by atoms with Crippen molar-refractivity contribution in [1.82, 2.24) is 10.2 Å². The maximum absolute atomic E-state index is 11.9. The van der Waals surface area contributed by atoms with Crippen molar-refractivity contribution in [3.8, 4) is 0 Å². The van der Waals surface area contributed by atoms with Gasteiger partial charge in [-0.25, -0.2) is 0 Å². The number of aliphatic imine (C=N–C) groups is 1. The summed E-state index contributed by atoms with van der Waals surface area (Å²) in [6, 6.07) is 0. The van der Waals surface area contributed by atoms with Crippen LogP contribution in [0.25, 0.3) is 0 Å². The fourth-order valence-electron chi connectivity index (χ4n) is 2.78. The van der Waals surface area contributed by atoms with Crippen molar-refractivity contribution in [3.63, 3.8) is 0 Å². The Bertz CT molecular complexity index is 336. The Hall–Kier alpha value is -0.710. The maximum atomic E-state index is 11.9. The van der Waals surface area contributed by atoms with Crippen LogP contribution in [0.3, 0.4) is 0 Å². The van der Waals surface area contributed by atoms with Gasteiger partial charge < -0.3 is 10.2 Å². The molecule has 108 valence electrons. The van der Waals surface area contributed by atoms with E-state index in [0.29, 0.717) is 11.8 Å². The van der Waals surface area contributed by atoms with Gasteiger partial charge in [0.2, 0.25) is 5.91 Å². The zero-order chi connectivity index (χ0) is 13.7. The molecule has 0 spiro atoms. The quantitative estimate of drug-likeness (QED) is 0.840. The van der Waals surface area contributed by atoms with Crippen LogP contribution in [-0.2, 0) is 4.79 Å². The predicted octanol–water partition coefficient (Wildman–Crippen LogP) is 2.11. The summed E-state index contributed by atoms with van der Waals surface area (Å²) in [5.74, 6) is 0.953. The lowest BCUT2D eigenvalue weighted by Gasteiger charge is -2.19. The lowest BCUT2D eigenvalue weighted by Crippen LogP contribution is -2.37. The highest BCUT2D eigenvalue weighted by molar-refractivity contribution is 8.14. The first-order valence-corrected chi connectivity index (χ1v) is 8.35. The van der Waals surface area contributed by atoms with Gasteiger partial charge in [0.05, 0.1) is 13.1 Å². The lowest BCUT2D eigenvalue weighted by atomic mass is 9.99. The summed E-state index contributed by atoms with van der Waals surface area (Å²) < 4.78 is 0. The molecule has 0 aromatic heterocycles. The zero-order valence-electron chi connectivity index (χ0n) is 12.0. The highest BCUT2D eigenvalue weighted by atomic mass is 32.2. The SMILES string of the molecule is CCC(CC)C1CN=C(NCC(=O)N2CCCC2)S1. The molecule has 1 fully saturated rings. The standard InChI is InChI=1S/C14H25N3OS/c1-3-11(4-2)12-9-15-14(19-12)16-10-13(18)17-7-5-6-8-17/h11-12H,3-10H2,1-2H3,(H,15,16). The van der Waals surface area contributed by atoms with E-state index in [0.717, 1.165) is 43.6 Å². The monoisotopic (exact) mass is 283 g/mol. The first-order chi connectivity index (χ1) is 9.24. The molecule has 2 aliphatic heterocycles. The van der Waals surface area contributed by atoms with E-state index in [1.165, 1.54) is 12.8 Å². The van der Waals surface area contributed by atoms with Crippen LogP contribution < -0.4 is 5.32 Å². The molecule has 0 aliphatic carbocycles. The van der Waals surface area contributed by atoms with Gasteiger partial charge in [0.1, 0.15) is 0 Å². The summed E-state index contributed by atoms with van der Waals surface area (Å²) >= 11 is 1.82. The topological polar surface area (TPSA) is 44.7 Å². The maximum Gasteiger partial charge on any atom is 0.241 e. The van der Waals surface area contributed by atoms with Gasteiger partial charge in [-0.3, -0.25) is 9.79 Å². The molecular formula is C14H25N3OS. The van der Waals surface area contributed by atoms with Crippen LogP contribution in [0.4, 0.5) is 0 Å². The molecule has 1 atom stereocenters. The summed E-state index contributed by atoms with van der Waals surface area (Å²) in [4.78, 5) is 18.4. The Morgan fingerprint density at radius 1 is 1.42 bits per heavy atom. The number of amidine groups is 1. The number of hydrogen-bond acceptors (Lipinski definition) is 4. The minimum atomic E-state index is 0.215. The van der Waals surface area contributed by atoms with E-state index in [1.807, 2.05) is 16.7 Å². The smallest absolute Gasteiger partial charge is 0.241 e. The third-order valence-corrected chi connectivity index (χ3v) is 5.44. The zero-order valence-corrected chi connectivity index (χ0v) is 12.8. The van der Waals surface area contributed by atoms with Gasteiger partial charge in [-0.2, -0.15) is 0 Å². The third kappa shape index (κ3) is 3.88. The second kappa shape index (κ2) is 7.17. The van der Waals surface area contributed by atoms with Crippen molar-refractivity contribution in [3.05, 3.63) is 0 Å². The molecule has 1 amide bonds. The normalized spacial score (nSPS) is 23.0. The highest BCUT2D eigenvalue weighted by Gasteiger charge is 2.26. The number of nitrogens with one attached hydrogen (secondary N) is 1. The van der Waals surface area contributed by atoms with E-state index >= 15 is 0 Å². The molecule has 1 N–H and O–H groups in total. The van der Waals surface area contributed by atoms with Gasteiger partial charge in [-0.1, -0.05) is 38.5 Å². The first-order valence-electron chi connectivity index (χ1n) is 7.47. The van der Waals surface area contributed by atoms with Crippen molar-refractivity contribution < 1.29 is 4.79 Å².